The van der Waals surface area contributed by atoms with Gasteiger partial charge in [0.1, 0.15) is 12.7 Å². The van der Waals surface area contributed by atoms with Crippen molar-refractivity contribution in [3.63, 3.8) is 0 Å². The van der Waals surface area contributed by atoms with E-state index in [-0.39, 0.29) is 38.8 Å². The third kappa shape index (κ3) is 8.64. The molecule has 2 atom stereocenters. The number of aliphatic hydroxyl groups excluding tert-OH is 2. The number of carbonyl (C=O) groups is 1. The molecule has 8 nitrogen and oxygen atoms in total. The summed E-state index contributed by atoms with van der Waals surface area (Å²) in [5, 5.41) is 18.3. The number of hydrogen-bond acceptors (Lipinski definition) is 9. The van der Waals surface area contributed by atoms with E-state index in [9.17, 15) is 14.5 Å². The molecule has 2 unspecified atom stereocenters. The average molecular weight is 408 g/mol. The summed E-state index contributed by atoms with van der Waals surface area (Å²) in [6, 6.07) is 7.25. The van der Waals surface area contributed by atoms with Gasteiger partial charge >= 0.3 is 12.8 Å². The van der Waals surface area contributed by atoms with Crippen LogP contribution in [-0.4, -0.2) is 55.8 Å². The minimum absolute atomic E-state index is 0.0482. The summed E-state index contributed by atoms with van der Waals surface area (Å²) >= 11 is 0.928. The molecule has 0 saturated carbocycles. The van der Waals surface area contributed by atoms with Crippen molar-refractivity contribution >= 4 is 24.1 Å². The van der Waals surface area contributed by atoms with Crippen molar-refractivity contribution in [3.8, 4) is 0 Å². The van der Waals surface area contributed by atoms with Crippen molar-refractivity contribution < 1.29 is 38.1 Å². The van der Waals surface area contributed by atoms with Gasteiger partial charge in [-0.05, 0) is 22.5 Å². The summed E-state index contributed by atoms with van der Waals surface area (Å²) < 4.78 is 33.5. The molecule has 0 radical (unpaired) electrons. The van der Waals surface area contributed by atoms with Crippen LogP contribution in [0.1, 0.15) is 18.1 Å². The fourth-order valence-electron chi connectivity index (χ4n) is 1.90. The van der Waals surface area contributed by atoms with Crippen molar-refractivity contribution in [2.45, 2.75) is 25.4 Å². The summed E-state index contributed by atoms with van der Waals surface area (Å²) in [7, 11) is 1.43. The summed E-state index contributed by atoms with van der Waals surface area (Å²) in [5.41, 5.74) is 1.59. The molecule has 26 heavy (non-hydrogen) atoms. The van der Waals surface area contributed by atoms with E-state index in [0.29, 0.717) is 0 Å². The Balaban J connectivity index is 2.82. The van der Waals surface area contributed by atoms with Crippen molar-refractivity contribution in [1.29, 1.82) is 0 Å². The Morgan fingerprint density at radius 1 is 1.27 bits per heavy atom. The predicted molar refractivity (Wildman–Crippen MR) is 97.7 cm³/mol. The summed E-state index contributed by atoms with van der Waals surface area (Å²) in [6.07, 6.45) is -0.812. The molecule has 0 saturated heterocycles. The fourth-order valence-corrected chi connectivity index (χ4v) is 5.36. The number of carbonyl (C=O) groups excluding carboxylic acids is 1. The molecule has 0 heterocycles. The van der Waals surface area contributed by atoms with Gasteiger partial charge in [-0.2, -0.15) is 0 Å². The highest BCUT2D eigenvalue weighted by atomic mass is 32.7. The summed E-state index contributed by atoms with van der Waals surface area (Å²) in [6.45, 7) is -3.03. The molecule has 1 aromatic rings. The third-order valence-corrected chi connectivity index (χ3v) is 6.82. The van der Waals surface area contributed by atoms with Crippen LogP contribution in [0.25, 0.3) is 0 Å². The normalized spacial score (nSPS) is 14.6. The van der Waals surface area contributed by atoms with Crippen LogP contribution >= 0.6 is 18.2 Å². The molecule has 1 aromatic carbocycles. The molecule has 0 aliphatic carbocycles. The highest BCUT2D eigenvalue weighted by molar-refractivity contribution is 8.54. The lowest BCUT2D eigenvalue weighted by Crippen LogP contribution is -2.22. The number of benzene rings is 1. The molecule has 0 amide bonds. The van der Waals surface area contributed by atoms with Crippen molar-refractivity contribution in [3.05, 3.63) is 35.4 Å². The standard InChI is InChI=1S/C16H25O8PS/c1-13(19)22-10-14-5-3-4-6-15(14)12-26-25(20,23-8-7-17)24-16(9-18)11-21-2/h3-6,16-18H,7-12H2,1-2H3. The Bertz CT molecular complexity index is 597. The molecule has 10 heteroatoms. The van der Waals surface area contributed by atoms with Crippen LogP contribution in [0.4, 0.5) is 0 Å². The van der Waals surface area contributed by atoms with Gasteiger partial charge in [0.25, 0.3) is 0 Å². The molecular formula is C16H25O8PS. The van der Waals surface area contributed by atoms with Gasteiger partial charge in [0.15, 0.2) is 0 Å². The van der Waals surface area contributed by atoms with E-state index in [1.54, 1.807) is 6.07 Å². The van der Waals surface area contributed by atoms with E-state index in [1.165, 1.54) is 14.0 Å². The quantitative estimate of drug-likeness (QED) is 0.374. The van der Waals surface area contributed by atoms with Gasteiger partial charge in [-0.25, -0.2) is 4.57 Å². The van der Waals surface area contributed by atoms with Crippen LogP contribution in [0.5, 0.6) is 0 Å². The lowest BCUT2D eigenvalue weighted by atomic mass is 10.1. The van der Waals surface area contributed by atoms with E-state index in [2.05, 4.69) is 0 Å². The first kappa shape index (κ1) is 23.1. The zero-order valence-corrected chi connectivity index (χ0v) is 16.5. The molecule has 0 aromatic heterocycles. The fraction of sp³-hybridized carbons (Fsp3) is 0.562. The van der Waals surface area contributed by atoms with Gasteiger partial charge < -0.3 is 19.7 Å². The molecule has 0 fully saturated rings. The van der Waals surface area contributed by atoms with Crippen LogP contribution in [0.2, 0.25) is 0 Å². The van der Waals surface area contributed by atoms with Crippen molar-refractivity contribution in [2.75, 3.05) is 33.5 Å². The number of rotatable bonds is 13. The van der Waals surface area contributed by atoms with E-state index < -0.39 is 18.9 Å². The zero-order valence-electron chi connectivity index (χ0n) is 14.8. The predicted octanol–water partition coefficient (Wildman–Crippen LogP) is 2.12. The molecule has 0 bridgehead atoms. The SMILES string of the molecule is COCC(CO)OP(=O)(OCCO)SCc1ccccc1COC(C)=O. The van der Waals surface area contributed by atoms with Crippen LogP contribution in [0.3, 0.4) is 0 Å². The van der Waals surface area contributed by atoms with Gasteiger partial charge in [0, 0.05) is 19.8 Å². The van der Waals surface area contributed by atoms with Gasteiger partial charge in [0.2, 0.25) is 0 Å². The first-order chi connectivity index (χ1) is 12.4. The van der Waals surface area contributed by atoms with Crippen molar-refractivity contribution in [2.24, 2.45) is 0 Å². The molecule has 1 rings (SSSR count). The van der Waals surface area contributed by atoms with Crippen LogP contribution in [-0.2, 0) is 40.2 Å². The lowest BCUT2D eigenvalue weighted by molar-refractivity contribution is -0.142. The smallest absolute Gasteiger partial charge is 0.389 e. The number of ether oxygens (including phenoxy) is 2. The third-order valence-electron chi connectivity index (χ3n) is 3.10. The second-order valence-corrected chi connectivity index (χ2v) is 9.22. The van der Waals surface area contributed by atoms with Gasteiger partial charge in [-0.1, -0.05) is 24.3 Å². The lowest BCUT2D eigenvalue weighted by Gasteiger charge is -2.22. The molecule has 0 aliphatic rings. The Morgan fingerprint density at radius 2 is 1.96 bits per heavy atom. The molecule has 0 spiro atoms. The maximum absolute atomic E-state index is 12.9. The number of aliphatic hydroxyl groups is 2. The Kier molecular flexibility index (Phi) is 11.1. The molecule has 0 aliphatic heterocycles. The second kappa shape index (κ2) is 12.5. The van der Waals surface area contributed by atoms with Crippen LogP contribution in [0, 0.1) is 0 Å². The van der Waals surface area contributed by atoms with E-state index in [4.69, 9.17) is 23.6 Å². The van der Waals surface area contributed by atoms with E-state index >= 15 is 0 Å². The second-order valence-electron chi connectivity index (χ2n) is 5.19. The summed E-state index contributed by atoms with van der Waals surface area (Å²) in [4.78, 5) is 11.0. The van der Waals surface area contributed by atoms with Gasteiger partial charge in [-0.3, -0.25) is 13.8 Å². The van der Waals surface area contributed by atoms with Crippen LogP contribution in [0.15, 0.2) is 24.3 Å². The maximum atomic E-state index is 12.9. The maximum Gasteiger partial charge on any atom is 0.389 e. The van der Waals surface area contributed by atoms with Gasteiger partial charge in [-0.15, -0.1) is 0 Å². The molecular weight excluding hydrogens is 383 g/mol. The number of hydrogen-bond donors (Lipinski definition) is 2. The van der Waals surface area contributed by atoms with E-state index in [0.717, 1.165) is 22.5 Å². The first-order valence-electron chi connectivity index (χ1n) is 7.92. The van der Waals surface area contributed by atoms with Crippen molar-refractivity contribution in [1.82, 2.24) is 0 Å². The first-order valence-corrected chi connectivity index (χ1v) is 11.1. The molecule has 148 valence electrons. The Labute approximate surface area is 157 Å². The number of methoxy groups -OCH3 is 1. The Morgan fingerprint density at radius 3 is 2.54 bits per heavy atom. The zero-order chi connectivity index (χ0) is 19.4. The highest BCUT2D eigenvalue weighted by Gasteiger charge is 2.30. The minimum atomic E-state index is -3.65. The highest BCUT2D eigenvalue weighted by Crippen LogP contribution is 2.62. The summed E-state index contributed by atoms with van der Waals surface area (Å²) in [5.74, 6) is -0.122. The van der Waals surface area contributed by atoms with E-state index in [1.807, 2.05) is 18.2 Å². The largest absolute Gasteiger partial charge is 0.461 e. The molecule has 2 N–H and O–H groups in total. The topological polar surface area (TPSA) is 112 Å². The Hall–Kier alpha value is -0.930. The minimum Gasteiger partial charge on any atom is -0.461 e. The van der Waals surface area contributed by atoms with Gasteiger partial charge in [0.05, 0.1) is 26.4 Å². The van der Waals surface area contributed by atoms with Crippen LogP contribution < -0.4 is 0 Å². The number of esters is 1. The monoisotopic (exact) mass is 408 g/mol. The average Bonchev–Trinajstić information content (AvgIpc) is 2.63.